The quantitative estimate of drug-likeness (QED) is 0.786. The topological polar surface area (TPSA) is 69.1 Å². The van der Waals surface area contributed by atoms with Gasteiger partial charge in [0.15, 0.2) is 5.82 Å². The lowest BCUT2D eigenvalue weighted by Crippen LogP contribution is -2.17. The molecule has 0 bridgehead atoms. The number of hydrogen-bond donors (Lipinski definition) is 1. The Morgan fingerprint density at radius 2 is 1.85 bits per heavy atom. The highest BCUT2D eigenvalue weighted by atomic mass is 32.1. The lowest BCUT2D eigenvalue weighted by atomic mass is 9.96. The second-order valence-corrected chi connectivity index (χ2v) is 6.78. The SMILES string of the molecule is CC(C)(C)c1nnc2sc(C(N)c3ccccc3)nn12. The second kappa shape index (κ2) is 4.64. The first kappa shape index (κ1) is 13.2. The summed E-state index contributed by atoms with van der Waals surface area (Å²) >= 11 is 1.49. The average Bonchev–Trinajstić information content (AvgIpc) is 2.97. The van der Waals surface area contributed by atoms with Gasteiger partial charge in [0.25, 0.3) is 0 Å². The van der Waals surface area contributed by atoms with Crippen molar-refractivity contribution >= 4 is 16.3 Å². The molecule has 0 amide bonds. The van der Waals surface area contributed by atoms with E-state index in [1.807, 2.05) is 34.8 Å². The van der Waals surface area contributed by atoms with Crippen molar-refractivity contribution in [2.24, 2.45) is 5.73 Å². The van der Waals surface area contributed by atoms with Gasteiger partial charge in [-0.25, -0.2) is 0 Å². The van der Waals surface area contributed by atoms with Gasteiger partial charge in [-0.15, -0.1) is 10.2 Å². The van der Waals surface area contributed by atoms with Crippen molar-refractivity contribution in [3.63, 3.8) is 0 Å². The third kappa shape index (κ3) is 2.21. The van der Waals surface area contributed by atoms with Gasteiger partial charge in [0.05, 0.1) is 6.04 Å². The fraction of sp³-hybridized carbons (Fsp3) is 0.357. The molecule has 5 nitrogen and oxygen atoms in total. The first-order valence-electron chi connectivity index (χ1n) is 6.50. The zero-order valence-electron chi connectivity index (χ0n) is 11.7. The average molecular weight is 287 g/mol. The van der Waals surface area contributed by atoms with Crippen LogP contribution in [-0.2, 0) is 5.41 Å². The molecular formula is C14H17N5S. The third-order valence-electron chi connectivity index (χ3n) is 3.10. The van der Waals surface area contributed by atoms with E-state index in [0.29, 0.717) is 0 Å². The van der Waals surface area contributed by atoms with E-state index in [-0.39, 0.29) is 11.5 Å². The van der Waals surface area contributed by atoms with Crippen LogP contribution < -0.4 is 5.73 Å². The molecule has 6 heteroatoms. The van der Waals surface area contributed by atoms with Gasteiger partial charge in [0, 0.05) is 5.41 Å². The van der Waals surface area contributed by atoms with Crippen LogP contribution in [0.5, 0.6) is 0 Å². The van der Waals surface area contributed by atoms with Gasteiger partial charge in [0.2, 0.25) is 4.96 Å². The summed E-state index contributed by atoms with van der Waals surface area (Å²) in [5.41, 5.74) is 7.24. The normalized spacial score (nSPS) is 13.8. The van der Waals surface area contributed by atoms with Crippen molar-refractivity contribution in [2.45, 2.75) is 32.2 Å². The summed E-state index contributed by atoms with van der Waals surface area (Å²) < 4.78 is 1.81. The Balaban J connectivity index is 2.04. The lowest BCUT2D eigenvalue weighted by Gasteiger charge is -2.14. The highest BCUT2D eigenvalue weighted by Crippen LogP contribution is 2.27. The molecule has 2 aromatic heterocycles. The molecule has 2 N–H and O–H groups in total. The second-order valence-electron chi connectivity index (χ2n) is 5.80. The van der Waals surface area contributed by atoms with Crippen molar-refractivity contribution in [1.82, 2.24) is 19.8 Å². The van der Waals surface area contributed by atoms with Crippen molar-refractivity contribution in [2.75, 3.05) is 0 Å². The molecule has 0 radical (unpaired) electrons. The molecule has 0 aliphatic carbocycles. The van der Waals surface area contributed by atoms with E-state index in [1.54, 1.807) is 0 Å². The molecule has 0 saturated carbocycles. The Morgan fingerprint density at radius 3 is 2.50 bits per heavy atom. The van der Waals surface area contributed by atoms with Gasteiger partial charge in [-0.05, 0) is 5.56 Å². The maximum Gasteiger partial charge on any atom is 0.234 e. The fourth-order valence-corrected chi connectivity index (χ4v) is 2.90. The lowest BCUT2D eigenvalue weighted by molar-refractivity contribution is 0.526. The van der Waals surface area contributed by atoms with Crippen LogP contribution in [0.4, 0.5) is 0 Å². The molecule has 0 saturated heterocycles. The first-order valence-corrected chi connectivity index (χ1v) is 7.31. The molecular weight excluding hydrogens is 270 g/mol. The summed E-state index contributed by atoms with van der Waals surface area (Å²) in [7, 11) is 0. The van der Waals surface area contributed by atoms with Gasteiger partial charge < -0.3 is 5.73 Å². The highest BCUT2D eigenvalue weighted by molar-refractivity contribution is 7.16. The van der Waals surface area contributed by atoms with Crippen LogP contribution >= 0.6 is 11.3 Å². The van der Waals surface area contributed by atoms with E-state index >= 15 is 0 Å². The number of fused-ring (bicyclic) bond motifs is 1. The molecule has 1 aromatic carbocycles. The van der Waals surface area contributed by atoms with Crippen LogP contribution in [-0.4, -0.2) is 19.8 Å². The van der Waals surface area contributed by atoms with Crippen molar-refractivity contribution < 1.29 is 0 Å². The Hall–Kier alpha value is -1.79. The van der Waals surface area contributed by atoms with Gasteiger partial charge in [0.1, 0.15) is 5.01 Å². The Bertz CT molecular complexity index is 723. The zero-order chi connectivity index (χ0) is 14.3. The maximum atomic E-state index is 6.28. The monoisotopic (exact) mass is 287 g/mol. The fourth-order valence-electron chi connectivity index (χ4n) is 2.03. The number of nitrogens with zero attached hydrogens (tertiary/aromatic N) is 4. The predicted octanol–water partition coefficient (Wildman–Crippen LogP) is 2.53. The Morgan fingerprint density at radius 1 is 1.15 bits per heavy atom. The number of rotatable bonds is 2. The highest BCUT2D eigenvalue weighted by Gasteiger charge is 2.24. The van der Waals surface area contributed by atoms with Crippen LogP contribution in [0.3, 0.4) is 0 Å². The van der Waals surface area contributed by atoms with E-state index in [2.05, 4.69) is 36.1 Å². The minimum Gasteiger partial charge on any atom is -0.318 e. The van der Waals surface area contributed by atoms with E-state index < -0.39 is 0 Å². The first-order chi connectivity index (χ1) is 9.47. The zero-order valence-corrected chi connectivity index (χ0v) is 12.6. The molecule has 0 aliphatic heterocycles. The molecule has 3 aromatic rings. The summed E-state index contributed by atoms with van der Waals surface area (Å²) in [5, 5.41) is 13.9. The van der Waals surface area contributed by atoms with Crippen LogP contribution in [0.2, 0.25) is 0 Å². The van der Waals surface area contributed by atoms with Crippen LogP contribution in [0.15, 0.2) is 30.3 Å². The minimum absolute atomic E-state index is 0.0956. The molecule has 0 fully saturated rings. The van der Waals surface area contributed by atoms with Gasteiger partial charge >= 0.3 is 0 Å². The minimum atomic E-state index is -0.226. The molecule has 0 spiro atoms. The summed E-state index contributed by atoms with van der Waals surface area (Å²) in [4.78, 5) is 0.788. The van der Waals surface area contributed by atoms with Crippen LogP contribution in [0.25, 0.3) is 4.96 Å². The van der Waals surface area contributed by atoms with E-state index in [0.717, 1.165) is 21.4 Å². The van der Waals surface area contributed by atoms with Crippen molar-refractivity contribution in [1.29, 1.82) is 0 Å². The van der Waals surface area contributed by atoms with E-state index in [4.69, 9.17) is 5.73 Å². The number of benzene rings is 1. The molecule has 104 valence electrons. The largest absolute Gasteiger partial charge is 0.318 e. The molecule has 3 rings (SSSR count). The summed E-state index contributed by atoms with van der Waals surface area (Å²) in [6.07, 6.45) is 0. The van der Waals surface area contributed by atoms with Crippen molar-refractivity contribution in [3.8, 4) is 0 Å². The van der Waals surface area contributed by atoms with Crippen LogP contribution in [0.1, 0.15) is 43.2 Å². The molecule has 1 unspecified atom stereocenters. The van der Waals surface area contributed by atoms with E-state index in [9.17, 15) is 0 Å². The van der Waals surface area contributed by atoms with Gasteiger partial charge in [-0.1, -0.05) is 62.4 Å². The summed E-state index contributed by atoms with van der Waals surface area (Å²) in [5.74, 6) is 0.857. The molecule has 2 heterocycles. The van der Waals surface area contributed by atoms with E-state index in [1.165, 1.54) is 11.3 Å². The molecule has 1 atom stereocenters. The smallest absolute Gasteiger partial charge is 0.234 e. The van der Waals surface area contributed by atoms with Gasteiger partial charge in [-0.2, -0.15) is 9.61 Å². The predicted molar refractivity (Wildman–Crippen MR) is 79.8 cm³/mol. The van der Waals surface area contributed by atoms with Gasteiger partial charge in [-0.3, -0.25) is 0 Å². The standard InChI is InChI=1S/C14H17N5S/c1-14(2,3)12-16-17-13-19(12)18-11(20-13)10(15)9-7-5-4-6-8-9/h4-8,10H,15H2,1-3H3. The summed E-state index contributed by atoms with van der Waals surface area (Å²) in [6, 6.07) is 9.74. The number of hydrogen-bond acceptors (Lipinski definition) is 5. The Kier molecular flexibility index (Phi) is 3.07. The number of aromatic nitrogens is 4. The molecule has 0 aliphatic rings. The molecule has 20 heavy (non-hydrogen) atoms. The maximum absolute atomic E-state index is 6.28. The third-order valence-corrected chi connectivity index (χ3v) is 4.08. The Labute approximate surface area is 121 Å². The summed E-state index contributed by atoms with van der Waals surface area (Å²) in [6.45, 7) is 6.29. The van der Waals surface area contributed by atoms with Crippen LogP contribution in [0, 0.1) is 0 Å². The number of nitrogens with two attached hydrogens (primary N) is 1. The van der Waals surface area contributed by atoms with Crippen molar-refractivity contribution in [3.05, 3.63) is 46.7 Å².